The first-order valence-corrected chi connectivity index (χ1v) is 8.85. The van der Waals surface area contributed by atoms with E-state index < -0.39 is 0 Å². The van der Waals surface area contributed by atoms with Crippen molar-refractivity contribution in [3.63, 3.8) is 0 Å². The van der Waals surface area contributed by atoms with Crippen LogP contribution in [0.5, 0.6) is 0 Å². The van der Waals surface area contributed by atoms with Crippen LogP contribution in [0.25, 0.3) is 0 Å². The van der Waals surface area contributed by atoms with Crippen molar-refractivity contribution in [1.29, 1.82) is 0 Å². The van der Waals surface area contributed by atoms with Gasteiger partial charge in [-0.05, 0) is 65.5 Å². The molecule has 0 fully saturated rings. The molecule has 0 aliphatic heterocycles. The van der Waals surface area contributed by atoms with E-state index in [0.717, 1.165) is 29.4 Å². The summed E-state index contributed by atoms with van der Waals surface area (Å²) in [4.78, 5) is 15.7. The number of carbonyl (C=O) groups is 1. The predicted octanol–water partition coefficient (Wildman–Crippen LogP) is 4.31. The molecule has 0 unspecified atom stereocenters. The number of hydrogen-bond acceptors (Lipinski definition) is 3. The second-order valence-electron chi connectivity index (χ2n) is 5.66. The molecule has 1 heterocycles. The topological polar surface area (TPSA) is 20.3 Å². The number of nitrogens with zero attached hydrogens (tertiary/aromatic N) is 1. The molecule has 0 N–H and O–H groups in total. The van der Waals surface area contributed by atoms with E-state index in [-0.39, 0.29) is 5.78 Å². The third-order valence-electron chi connectivity index (χ3n) is 3.88. The molecule has 1 aromatic heterocycles. The highest BCUT2D eigenvalue weighted by molar-refractivity contribution is 9.10. The summed E-state index contributed by atoms with van der Waals surface area (Å²) < 4.78 is 1.11. The van der Waals surface area contributed by atoms with Crippen LogP contribution in [-0.2, 0) is 19.4 Å². The minimum Gasteiger partial charge on any atom is -0.294 e. The number of fused-ring (bicyclic) bond motifs is 1. The summed E-state index contributed by atoms with van der Waals surface area (Å²) in [5.41, 5.74) is 3.64. The fourth-order valence-corrected chi connectivity index (χ4v) is 4.37. The Kier molecular flexibility index (Phi) is 4.57. The third-order valence-corrected chi connectivity index (χ3v) is 5.56. The Morgan fingerprint density at radius 2 is 2.10 bits per heavy atom. The Bertz CT molecular complexity index is 665. The fraction of sp³-hybridized carbons (Fsp3) is 0.353. The number of likely N-dealkylation sites (N-methyl/N-ethyl adjacent to an activating group) is 1. The molecule has 3 rings (SSSR count). The molecule has 0 spiro atoms. The molecule has 0 saturated heterocycles. The van der Waals surface area contributed by atoms with E-state index in [2.05, 4.69) is 44.4 Å². The van der Waals surface area contributed by atoms with E-state index >= 15 is 0 Å². The van der Waals surface area contributed by atoms with Crippen molar-refractivity contribution in [2.24, 2.45) is 0 Å². The van der Waals surface area contributed by atoms with Gasteiger partial charge in [0.15, 0.2) is 5.78 Å². The van der Waals surface area contributed by atoms with Crippen molar-refractivity contribution >= 4 is 33.0 Å². The summed E-state index contributed by atoms with van der Waals surface area (Å²) >= 11 is 5.18. The lowest BCUT2D eigenvalue weighted by Crippen LogP contribution is -2.25. The molecule has 0 amide bonds. The fourth-order valence-electron chi connectivity index (χ4n) is 2.84. The minimum atomic E-state index is 0.211. The molecule has 110 valence electrons. The molecule has 2 aromatic rings. The maximum atomic E-state index is 12.4. The summed E-state index contributed by atoms with van der Waals surface area (Å²) in [6, 6.07) is 8.33. The zero-order chi connectivity index (χ0) is 14.8. The van der Waals surface area contributed by atoms with Gasteiger partial charge in [-0.15, -0.1) is 11.3 Å². The van der Waals surface area contributed by atoms with Crippen LogP contribution in [0.1, 0.15) is 32.8 Å². The Labute approximate surface area is 137 Å². The second-order valence-corrected chi connectivity index (χ2v) is 7.58. The number of Topliss-reactive ketones (excluding diaryl/α,β-unsaturated/α-hetero) is 1. The number of rotatable bonds is 5. The largest absolute Gasteiger partial charge is 0.294 e. The van der Waals surface area contributed by atoms with Crippen molar-refractivity contribution in [2.45, 2.75) is 25.8 Å². The van der Waals surface area contributed by atoms with Gasteiger partial charge in [0.1, 0.15) is 0 Å². The zero-order valence-corrected chi connectivity index (χ0v) is 14.5. The van der Waals surface area contributed by atoms with E-state index in [4.69, 9.17) is 0 Å². The summed E-state index contributed by atoms with van der Waals surface area (Å²) in [6.45, 7) is 1.28. The number of ketones is 1. The highest BCUT2D eigenvalue weighted by Gasteiger charge is 2.15. The molecular weight excluding hydrogens is 346 g/mol. The van der Waals surface area contributed by atoms with Crippen LogP contribution in [0.15, 0.2) is 34.1 Å². The lowest BCUT2D eigenvalue weighted by atomic mass is 10.0. The molecule has 0 atom stereocenters. The molecule has 0 bridgehead atoms. The van der Waals surface area contributed by atoms with Gasteiger partial charge in [-0.2, -0.15) is 0 Å². The van der Waals surface area contributed by atoms with Crippen LogP contribution in [0.3, 0.4) is 0 Å². The van der Waals surface area contributed by atoms with Gasteiger partial charge in [-0.25, -0.2) is 0 Å². The van der Waals surface area contributed by atoms with Crippen LogP contribution >= 0.6 is 27.3 Å². The standard InChI is InChI=1S/C17H18BrNOS/c1-19(9-16-8-15(18)11-21-16)10-17(20)14-6-5-12-3-2-4-13(12)7-14/h5-8,11H,2-4,9-10H2,1H3. The van der Waals surface area contributed by atoms with Crippen molar-refractivity contribution in [2.75, 3.05) is 13.6 Å². The van der Waals surface area contributed by atoms with Gasteiger partial charge in [-0.1, -0.05) is 12.1 Å². The van der Waals surface area contributed by atoms with E-state index in [1.807, 2.05) is 13.1 Å². The Morgan fingerprint density at radius 3 is 2.86 bits per heavy atom. The quantitative estimate of drug-likeness (QED) is 0.737. The maximum absolute atomic E-state index is 12.4. The summed E-state index contributed by atoms with van der Waals surface area (Å²) in [5, 5.41) is 2.07. The smallest absolute Gasteiger partial charge is 0.176 e. The highest BCUT2D eigenvalue weighted by atomic mass is 79.9. The number of halogens is 1. The number of benzene rings is 1. The number of carbonyl (C=O) groups excluding carboxylic acids is 1. The lowest BCUT2D eigenvalue weighted by Gasteiger charge is -2.15. The zero-order valence-electron chi connectivity index (χ0n) is 12.1. The van der Waals surface area contributed by atoms with Gasteiger partial charge in [0, 0.05) is 26.8 Å². The molecule has 1 aliphatic carbocycles. The summed E-state index contributed by atoms with van der Waals surface area (Å²) in [5.74, 6) is 0.211. The molecule has 2 nitrogen and oxygen atoms in total. The second kappa shape index (κ2) is 6.42. The highest BCUT2D eigenvalue weighted by Crippen LogP contribution is 2.23. The average Bonchev–Trinajstić information content (AvgIpc) is 3.06. The van der Waals surface area contributed by atoms with Gasteiger partial charge in [0.25, 0.3) is 0 Å². The van der Waals surface area contributed by atoms with Crippen LogP contribution < -0.4 is 0 Å². The number of thiophene rings is 1. The molecule has 21 heavy (non-hydrogen) atoms. The van der Waals surface area contributed by atoms with Gasteiger partial charge in [0.2, 0.25) is 0 Å². The number of aryl methyl sites for hydroxylation is 2. The first-order valence-electron chi connectivity index (χ1n) is 7.18. The molecule has 1 aliphatic rings. The first-order chi connectivity index (χ1) is 10.1. The SMILES string of the molecule is CN(CC(=O)c1ccc2c(c1)CCC2)Cc1cc(Br)cs1. The molecular formula is C17H18BrNOS. The van der Waals surface area contributed by atoms with E-state index in [0.29, 0.717) is 6.54 Å². The third kappa shape index (κ3) is 3.62. The average molecular weight is 364 g/mol. The van der Waals surface area contributed by atoms with E-state index in [1.165, 1.54) is 22.4 Å². The van der Waals surface area contributed by atoms with Crippen molar-refractivity contribution in [1.82, 2.24) is 4.90 Å². The molecule has 1 aromatic carbocycles. The van der Waals surface area contributed by atoms with Crippen molar-refractivity contribution in [3.05, 3.63) is 55.7 Å². The molecule has 0 saturated carbocycles. The Hall–Kier alpha value is -0.970. The summed E-state index contributed by atoms with van der Waals surface area (Å²) in [6.07, 6.45) is 3.51. The monoisotopic (exact) mass is 363 g/mol. The molecule has 4 heteroatoms. The van der Waals surface area contributed by atoms with Crippen molar-refractivity contribution < 1.29 is 4.79 Å². The van der Waals surface area contributed by atoms with Crippen molar-refractivity contribution in [3.8, 4) is 0 Å². The predicted molar refractivity (Wildman–Crippen MR) is 91.2 cm³/mol. The van der Waals surface area contributed by atoms with Crippen LogP contribution in [-0.4, -0.2) is 24.3 Å². The lowest BCUT2D eigenvalue weighted by molar-refractivity contribution is 0.0943. The summed E-state index contributed by atoms with van der Waals surface area (Å²) in [7, 11) is 2.00. The van der Waals surface area contributed by atoms with Crippen LogP contribution in [0, 0.1) is 0 Å². The van der Waals surface area contributed by atoms with Gasteiger partial charge < -0.3 is 0 Å². The normalized spacial score (nSPS) is 13.7. The van der Waals surface area contributed by atoms with E-state index in [9.17, 15) is 4.79 Å². The van der Waals surface area contributed by atoms with Gasteiger partial charge in [-0.3, -0.25) is 9.69 Å². The number of hydrogen-bond donors (Lipinski definition) is 0. The first kappa shape index (κ1) is 14.9. The van der Waals surface area contributed by atoms with Crippen LogP contribution in [0.2, 0.25) is 0 Å². The molecule has 0 radical (unpaired) electrons. The van der Waals surface area contributed by atoms with Gasteiger partial charge in [0.05, 0.1) is 6.54 Å². The van der Waals surface area contributed by atoms with Gasteiger partial charge >= 0.3 is 0 Å². The Balaban J connectivity index is 1.63. The van der Waals surface area contributed by atoms with Crippen LogP contribution in [0.4, 0.5) is 0 Å². The minimum absolute atomic E-state index is 0.211. The van der Waals surface area contributed by atoms with E-state index in [1.54, 1.807) is 11.3 Å². The maximum Gasteiger partial charge on any atom is 0.176 e. The Morgan fingerprint density at radius 1 is 1.29 bits per heavy atom.